The predicted octanol–water partition coefficient (Wildman–Crippen LogP) is 1.24. The zero-order valence-electron chi connectivity index (χ0n) is 9.38. The van der Waals surface area contributed by atoms with E-state index in [1.807, 2.05) is 30.5 Å². The molecule has 3 aromatic rings. The summed E-state index contributed by atoms with van der Waals surface area (Å²) in [7, 11) is 0. The number of carbonyl (C=O) groups excluding carboxylic acids is 1. The number of fused-ring (bicyclic) bond motifs is 1. The summed E-state index contributed by atoms with van der Waals surface area (Å²) in [5.41, 5.74) is 7.14. The van der Waals surface area contributed by atoms with Crippen molar-refractivity contribution in [2.24, 2.45) is 5.73 Å². The van der Waals surface area contributed by atoms with Crippen LogP contribution < -0.4 is 5.73 Å². The zero-order chi connectivity index (χ0) is 12.5. The Morgan fingerprint density at radius 3 is 3.00 bits per heavy atom. The van der Waals surface area contributed by atoms with E-state index < -0.39 is 5.91 Å². The molecule has 1 amide bonds. The summed E-state index contributed by atoms with van der Waals surface area (Å²) in [6, 6.07) is 7.92. The number of primary amides is 1. The molecule has 2 heterocycles. The van der Waals surface area contributed by atoms with E-state index in [0.29, 0.717) is 12.2 Å². The average molecular weight is 242 g/mol. The molecule has 3 N–H and O–H groups in total. The second-order valence-electron chi connectivity index (χ2n) is 3.92. The van der Waals surface area contributed by atoms with Crippen molar-refractivity contribution in [2.45, 2.75) is 6.42 Å². The SMILES string of the molecule is NC(=O)c1nc(Cc2c[nH]c3ccccc23)no1. The van der Waals surface area contributed by atoms with Crippen molar-refractivity contribution in [2.75, 3.05) is 0 Å². The molecular formula is C12H10N4O2. The Balaban J connectivity index is 1.93. The summed E-state index contributed by atoms with van der Waals surface area (Å²) in [5.74, 6) is -0.439. The van der Waals surface area contributed by atoms with Gasteiger partial charge in [-0.3, -0.25) is 4.79 Å². The summed E-state index contributed by atoms with van der Waals surface area (Å²) in [6.45, 7) is 0. The molecule has 0 aliphatic carbocycles. The number of aromatic nitrogens is 3. The first-order valence-electron chi connectivity index (χ1n) is 5.41. The van der Waals surface area contributed by atoms with Crippen LogP contribution in [-0.2, 0) is 6.42 Å². The van der Waals surface area contributed by atoms with Gasteiger partial charge in [0.2, 0.25) is 0 Å². The molecule has 0 radical (unpaired) electrons. The summed E-state index contributed by atoms with van der Waals surface area (Å²) in [6.07, 6.45) is 2.38. The summed E-state index contributed by atoms with van der Waals surface area (Å²) >= 11 is 0. The van der Waals surface area contributed by atoms with Crippen LogP contribution in [0.5, 0.6) is 0 Å². The van der Waals surface area contributed by atoms with Gasteiger partial charge in [-0.25, -0.2) is 0 Å². The number of aromatic amines is 1. The first kappa shape index (κ1) is 10.5. The van der Waals surface area contributed by atoms with Crippen LogP contribution >= 0.6 is 0 Å². The lowest BCUT2D eigenvalue weighted by atomic mass is 10.1. The maximum atomic E-state index is 10.8. The third kappa shape index (κ3) is 1.73. The van der Waals surface area contributed by atoms with Gasteiger partial charge < -0.3 is 15.2 Å². The van der Waals surface area contributed by atoms with E-state index in [4.69, 9.17) is 10.3 Å². The first-order valence-corrected chi connectivity index (χ1v) is 5.41. The number of para-hydroxylation sites is 1. The average Bonchev–Trinajstić information content (AvgIpc) is 2.98. The van der Waals surface area contributed by atoms with Crippen LogP contribution in [0.1, 0.15) is 22.1 Å². The molecule has 0 aliphatic rings. The highest BCUT2D eigenvalue weighted by Crippen LogP contribution is 2.19. The molecule has 0 saturated carbocycles. The normalized spacial score (nSPS) is 10.9. The largest absolute Gasteiger partial charge is 0.361 e. The smallest absolute Gasteiger partial charge is 0.315 e. The minimum Gasteiger partial charge on any atom is -0.361 e. The quantitative estimate of drug-likeness (QED) is 0.721. The molecule has 0 atom stereocenters. The van der Waals surface area contributed by atoms with E-state index in [-0.39, 0.29) is 5.89 Å². The molecule has 2 aromatic heterocycles. The number of benzene rings is 1. The fraction of sp³-hybridized carbons (Fsp3) is 0.0833. The van der Waals surface area contributed by atoms with Crippen LogP contribution in [0, 0.1) is 0 Å². The molecule has 0 bridgehead atoms. The van der Waals surface area contributed by atoms with Crippen LogP contribution in [0.2, 0.25) is 0 Å². The van der Waals surface area contributed by atoms with Gasteiger partial charge in [-0.05, 0) is 11.6 Å². The summed E-state index contributed by atoms with van der Waals surface area (Å²) < 4.78 is 4.74. The highest BCUT2D eigenvalue weighted by atomic mass is 16.5. The molecule has 90 valence electrons. The Bertz CT molecular complexity index is 714. The minimum atomic E-state index is -0.715. The number of carbonyl (C=O) groups is 1. The van der Waals surface area contributed by atoms with Gasteiger partial charge in [0.1, 0.15) is 0 Å². The summed E-state index contributed by atoms with van der Waals surface area (Å²) in [5, 5.41) is 4.82. The Kier molecular flexibility index (Phi) is 2.33. The number of H-pyrrole nitrogens is 1. The zero-order valence-corrected chi connectivity index (χ0v) is 9.38. The van der Waals surface area contributed by atoms with E-state index in [1.165, 1.54) is 0 Å². The van der Waals surface area contributed by atoms with Crippen molar-refractivity contribution in [3.63, 3.8) is 0 Å². The van der Waals surface area contributed by atoms with E-state index in [0.717, 1.165) is 16.5 Å². The number of nitrogens with one attached hydrogen (secondary N) is 1. The van der Waals surface area contributed by atoms with Gasteiger partial charge in [-0.2, -0.15) is 4.98 Å². The van der Waals surface area contributed by atoms with Gasteiger partial charge in [-0.15, -0.1) is 0 Å². The number of nitrogens with zero attached hydrogens (tertiary/aromatic N) is 2. The maximum absolute atomic E-state index is 10.8. The van der Waals surface area contributed by atoms with Gasteiger partial charge in [0.05, 0.1) is 0 Å². The number of rotatable bonds is 3. The van der Waals surface area contributed by atoms with Crippen LogP contribution in [0.15, 0.2) is 35.0 Å². The van der Waals surface area contributed by atoms with Crippen molar-refractivity contribution in [3.8, 4) is 0 Å². The van der Waals surface area contributed by atoms with E-state index in [9.17, 15) is 4.79 Å². The molecule has 0 fully saturated rings. The topological polar surface area (TPSA) is 97.8 Å². The molecule has 0 aliphatic heterocycles. The highest BCUT2D eigenvalue weighted by Gasteiger charge is 2.13. The second kappa shape index (κ2) is 3.99. The van der Waals surface area contributed by atoms with Crippen LogP contribution in [0.25, 0.3) is 10.9 Å². The van der Waals surface area contributed by atoms with Crippen molar-refractivity contribution >= 4 is 16.8 Å². The van der Waals surface area contributed by atoms with Crippen LogP contribution in [0.4, 0.5) is 0 Å². The molecule has 6 heteroatoms. The molecule has 1 aromatic carbocycles. The monoisotopic (exact) mass is 242 g/mol. The van der Waals surface area contributed by atoms with Gasteiger partial charge in [0.25, 0.3) is 0 Å². The second-order valence-corrected chi connectivity index (χ2v) is 3.92. The highest BCUT2D eigenvalue weighted by molar-refractivity contribution is 5.87. The number of amides is 1. The van der Waals surface area contributed by atoms with Crippen molar-refractivity contribution in [3.05, 3.63) is 47.7 Å². The standard InChI is InChI=1S/C12H10N4O2/c13-11(17)12-15-10(16-18-12)5-7-6-14-9-4-2-1-3-8(7)9/h1-4,6,14H,5H2,(H2,13,17). The van der Waals surface area contributed by atoms with E-state index in [1.54, 1.807) is 0 Å². The van der Waals surface area contributed by atoms with E-state index >= 15 is 0 Å². The number of hydrogen-bond donors (Lipinski definition) is 2. The Morgan fingerprint density at radius 2 is 2.22 bits per heavy atom. The lowest BCUT2D eigenvalue weighted by molar-refractivity contribution is 0.0958. The molecule has 0 unspecified atom stereocenters. The molecular weight excluding hydrogens is 232 g/mol. The van der Waals surface area contributed by atoms with Gasteiger partial charge >= 0.3 is 11.8 Å². The Hall–Kier alpha value is -2.63. The third-order valence-electron chi connectivity index (χ3n) is 2.70. The molecule has 3 rings (SSSR count). The van der Waals surface area contributed by atoms with Crippen molar-refractivity contribution in [1.82, 2.24) is 15.1 Å². The number of hydrogen-bond acceptors (Lipinski definition) is 4. The summed E-state index contributed by atoms with van der Waals surface area (Å²) in [4.78, 5) is 17.9. The molecule has 0 spiro atoms. The molecule has 0 saturated heterocycles. The first-order chi connectivity index (χ1) is 8.74. The Labute approximate surface area is 102 Å². The third-order valence-corrected chi connectivity index (χ3v) is 2.70. The van der Waals surface area contributed by atoms with Gasteiger partial charge in [0.15, 0.2) is 5.82 Å². The lowest BCUT2D eigenvalue weighted by Gasteiger charge is -1.93. The van der Waals surface area contributed by atoms with Gasteiger partial charge in [0, 0.05) is 23.5 Å². The molecule has 6 nitrogen and oxygen atoms in total. The Morgan fingerprint density at radius 1 is 1.39 bits per heavy atom. The minimum absolute atomic E-state index is 0.162. The van der Waals surface area contributed by atoms with Crippen LogP contribution in [-0.4, -0.2) is 21.0 Å². The maximum Gasteiger partial charge on any atom is 0.315 e. The fourth-order valence-electron chi connectivity index (χ4n) is 1.87. The van der Waals surface area contributed by atoms with Gasteiger partial charge in [-0.1, -0.05) is 23.4 Å². The predicted molar refractivity (Wildman–Crippen MR) is 63.9 cm³/mol. The van der Waals surface area contributed by atoms with Crippen molar-refractivity contribution in [1.29, 1.82) is 0 Å². The molecule has 18 heavy (non-hydrogen) atoms. The van der Waals surface area contributed by atoms with Crippen molar-refractivity contribution < 1.29 is 9.32 Å². The fourth-order valence-corrected chi connectivity index (χ4v) is 1.87. The van der Waals surface area contributed by atoms with Crippen LogP contribution in [0.3, 0.4) is 0 Å². The van der Waals surface area contributed by atoms with E-state index in [2.05, 4.69) is 15.1 Å². The number of nitrogens with two attached hydrogens (primary N) is 1. The lowest BCUT2D eigenvalue weighted by Crippen LogP contribution is -2.11.